The third-order valence-electron chi connectivity index (χ3n) is 10.7. The highest BCUT2D eigenvalue weighted by Crippen LogP contribution is 2.46. The molecule has 5 atom stereocenters. The van der Waals surface area contributed by atoms with Gasteiger partial charge in [0.05, 0.1) is 24.0 Å². The largest absolute Gasteiger partial charge is 0.494 e. The number of carbonyl (C=O) groups excluding carboxylic acids is 5. The van der Waals surface area contributed by atoms with Crippen LogP contribution >= 0.6 is 0 Å². The molecule has 16 heteroatoms. The molecule has 4 heterocycles. The molecule has 1 aromatic heterocycles. The first-order chi connectivity index (χ1) is 26.0. The molecule has 7 rings (SSSR count). The van der Waals surface area contributed by atoms with Gasteiger partial charge >= 0.3 is 6.09 Å². The van der Waals surface area contributed by atoms with Gasteiger partial charge in [0.2, 0.25) is 21.8 Å². The number of allylic oxidation sites excluding steroid dienone is 1. The zero-order valence-electron chi connectivity index (χ0n) is 30.0. The molecule has 7 bridgehead atoms. The molecule has 4 N–H and O–H groups in total. The second-order valence-electron chi connectivity index (χ2n) is 14.8. The molecule has 15 nitrogen and oxygen atoms in total. The minimum atomic E-state index is -3.90. The van der Waals surface area contributed by atoms with Crippen LogP contribution in [0.3, 0.4) is 0 Å². The Morgan fingerprint density at radius 2 is 1.70 bits per heavy atom. The van der Waals surface area contributed by atoms with Gasteiger partial charge in [-0.15, -0.1) is 0 Å². The van der Waals surface area contributed by atoms with E-state index in [1.807, 2.05) is 36.4 Å². The number of carbonyl (C=O) groups is 5. The molecule has 2 saturated carbocycles. The molecule has 0 radical (unpaired) electrons. The summed E-state index contributed by atoms with van der Waals surface area (Å²) in [4.78, 5) is 74.6. The lowest BCUT2D eigenvalue weighted by Crippen LogP contribution is -2.58. The minimum absolute atomic E-state index is 0.00552. The smallest absolute Gasteiger partial charge is 0.407 e. The van der Waals surface area contributed by atoms with Gasteiger partial charge in [0.25, 0.3) is 11.8 Å². The average Bonchev–Trinajstić information content (AvgIpc) is 4.08. The van der Waals surface area contributed by atoms with Crippen LogP contribution in [-0.2, 0) is 29.1 Å². The summed E-state index contributed by atoms with van der Waals surface area (Å²) in [6.45, 7) is 0.428. The molecule has 2 aliphatic carbocycles. The quantitative estimate of drug-likeness (QED) is 0.337. The number of cyclic esters (lactones) is 1. The summed E-state index contributed by atoms with van der Waals surface area (Å²) in [5.74, 6) is -2.27. The van der Waals surface area contributed by atoms with Crippen LogP contribution in [0.5, 0.6) is 5.75 Å². The Morgan fingerprint density at radius 1 is 0.907 bits per heavy atom. The first-order valence-corrected chi connectivity index (χ1v) is 20.3. The van der Waals surface area contributed by atoms with Crippen molar-refractivity contribution in [2.24, 2.45) is 5.92 Å². The number of hydrogen-bond acceptors (Lipinski definition) is 10. The number of alkyl carbamates (subject to hydrolysis) is 1. The van der Waals surface area contributed by atoms with Gasteiger partial charge < -0.3 is 30.3 Å². The predicted octanol–water partition coefficient (Wildman–Crippen LogP) is 2.72. The molecular weight excluding hydrogens is 717 g/mol. The van der Waals surface area contributed by atoms with E-state index in [9.17, 15) is 32.4 Å². The molecule has 1 saturated heterocycles. The number of pyridine rings is 1. The van der Waals surface area contributed by atoms with Gasteiger partial charge in [-0.25, -0.2) is 13.2 Å². The van der Waals surface area contributed by atoms with E-state index < -0.39 is 74.6 Å². The van der Waals surface area contributed by atoms with Crippen LogP contribution < -0.4 is 25.4 Å². The number of hydrogen-bond donors (Lipinski definition) is 4. The second kappa shape index (κ2) is 15.8. The number of rotatable bonds is 3. The lowest BCUT2D eigenvalue weighted by atomic mass is 10.0. The van der Waals surface area contributed by atoms with E-state index in [1.165, 1.54) is 11.1 Å². The van der Waals surface area contributed by atoms with Crippen molar-refractivity contribution in [3.05, 3.63) is 60.4 Å². The Morgan fingerprint density at radius 3 is 2.52 bits per heavy atom. The summed E-state index contributed by atoms with van der Waals surface area (Å²) in [6, 6.07) is 6.25. The van der Waals surface area contributed by atoms with Crippen LogP contribution in [0.25, 0.3) is 11.1 Å². The first-order valence-electron chi connectivity index (χ1n) is 18.8. The van der Waals surface area contributed by atoms with E-state index in [2.05, 4.69) is 25.7 Å². The number of sulfonamides is 1. The third-order valence-corrected chi connectivity index (χ3v) is 12.5. The number of amides is 5. The van der Waals surface area contributed by atoms with Crippen LogP contribution in [0.1, 0.15) is 81.0 Å². The van der Waals surface area contributed by atoms with E-state index >= 15 is 0 Å². The van der Waals surface area contributed by atoms with E-state index in [1.54, 1.807) is 12.3 Å². The molecule has 1 aromatic carbocycles. The maximum absolute atomic E-state index is 14.4. The topological polar surface area (TPSA) is 202 Å². The van der Waals surface area contributed by atoms with Crippen molar-refractivity contribution in [1.82, 2.24) is 30.6 Å². The third kappa shape index (κ3) is 8.53. The summed E-state index contributed by atoms with van der Waals surface area (Å²) in [6.07, 6.45) is 11.4. The highest BCUT2D eigenvalue weighted by molar-refractivity contribution is 7.91. The number of aromatic nitrogens is 1. The van der Waals surface area contributed by atoms with Crippen molar-refractivity contribution in [1.29, 1.82) is 0 Å². The molecule has 0 spiro atoms. The summed E-state index contributed by atoms with van der Waals surface area (Å²) >= 11 is 0. The molecule has 2 aromatic rings. The van der Waals surface area contributed by atoms with Crippen molar-refractivity contribution >= 4 is 39.7 Å². The first kappa shape index (κ1) is 37.3. The van der Waals surface area contributed by atoms with Gasteiger partial charge in [0.15, 0.2) is 0 Å². The van der Waals surface area contributed by atoms with Crippen LogP contribution in [0.4, 0.5) is 4.79 Å². The maximum Gasteiger partial charge on any atom is 0.407 e. The van der Waals surface area contributed by atoms with E-state index in [0.29, 0.717) is 56.4 Å². The van der Waals surface area contributed by atoms with Crippen molar-refractivity contribution in [3.63, 3.8) is 0 Å². The fourth-order valence-corrected chi connectivity index (χ4v) is 8.77. The Balaban J connectivity index is 1.19. The number of fused-ring (bicyclic) bond motifs is 8. The fourth-order valence-electron chi connectivity index (χ4n) is 7.40. The van der Waals surface area contributed by atoms with Crippen LogP contribution in [0.2, 0.25) is 0 Å². The molecule has 5 amide bonds. The SMILES string of the molecule is O=C1N[C@H]2CCCCC/C=C\[C@@H]3C[C@@]3(C(=O)NS(=O)(=O)C3CC3)NC(=O)[C@@H]3C[C@H](CN3C2=O)NC(=O)c2cncc(c2)-c2cccc(c2)OCCCCO1. The highest BCUT2D eigenvalue weighted by atomic mass is 32.2. The van der Waals surface area contributed by atoms with Gasteiger partial charge in [-0.2, -0.15) is 0 Å². The summed E-state index contributed by atoms with van der Waals surface area (Å²) in [5, 5.41) is 7.87. The Hall–Kier alpha value is -4.99. The average molecular weight is 763 g/mol. The van der Waals surface area contributed by atoms with Crippen molar-refractivity contribution in [2.45, 2.75) is 99.5 Å². The lowest BCUT2D eigenvalue weighted by Gasteiger charge is -2.30. The lowest BCUT2D eigenvalue weighted by molar-refractivity contribution is -0.141. The molecule has 54 heavy (non-hydrogen) atoms. The Bertz CT molecular complexity index is 1930. The fraction of sp³-hybridized carbons (Fsp3) is 0.526. The number of nitrogens with zero attached hydrogens (tertiary/aromatic N) is 2. The van der Waals surface area contributed by atoms with E-state index in [0.717, 1.165) is 18.4 Å². The highest BCUT2D eigenvalue weighted by Gasteiger charge is 2.62. The zero-order valence-corrected chi connectivity index (χ0v) is 30.8. The maximum atomic E-state index is 14.4. The predicted molar refractivity (Wildman–Crippen MR) is 195 cm³/mol. The number of ether oxygens (including phenoxy) is 2. The summed E-state index contributed by atoms with van der Waals surface area (Å²) < 4.78 is 39.2. The second-order valence-corrected chi connectivity index (χ2v) is 16.8. The van der Waals surface area contributed by atoms with Crippen molar-refractivity contribution in [2.75, 3.05) is 19.8 Å². The number of nitrogens with one attached hydrogen (secondary N) is 4. The number of benzene rings is 1. The molecule has 0 unspecified atom stereocenters. The zero-order chi connectivity index (χ0) is 37.9. The Kier molecular flexibility index (Phi) is 10.9. The standard InChI is InChI=1S/C38H46N6O9S/c45-33-26-17-25(21-39-22-26)24-9-8-11-29(18-24)52-15-6-7-16-53-37(49)41-31-12-5-3-1-2-4-10-27-20-38(27,36(48)43-54(50,51)30-13-14-30)42-34(46)32-19-28(40-33)23-44(32)35(31)47/h4,8-11,17-18,21-22,27-28,30-32H,1-3,5-7,12-16,19-20,23H2,(H,40,45)(H,41,49)(H,42,46)(H,43,48)/b10-4-/t27-,28-,31+,32+,38-/m1/s1. The molecular formula is C38H46N6O9S. The Labute approximate surface area is 314 Å². The molecule has 3 fully saturated rings. The van der Waals surface area contributed by atoms with Crippen LogP contribution in [0, 0.1) is 5.92 Å². The van der Waals surface area contributed by atoms with Gasteiger partial charge in [-0.05, 0) is 81.5 Å². The summed E-state index contributed by atoms with van der Waals surface area (Å²) in [7, 11) is -3.90. The van der Waals surface area contributed by atoms with Crippen LogP contribution in [-0.4, -0.2) is 96.7 Å². The van der Waals surface area contributed by atoms with Crippen molar-refractivity contribution < 1.29 is 41.9 Å². The van der Waals surface area contributed by atoms with Gasteiger partial charge in [0, 0.05) is 36.5 Å². The molecule has 3 aliphatic heterocycles. The monoisotopic (exact) mass is 762 g/mol. The molecule has 288 valence electrons. The van der Waals surface area contributed by atoms with Gasteiger partial charge in [-0.3, -0.25) is 28.9 Å². The van der Waals surface area contributed by atoms with Crippen molar-refractivity contribution in [3.8, 4) is 16.9 Å². The summed E-state index contributed by atoms with van der Waals surface area (Å²) in [5.41, 5.74) is 0.224. The van der Waals surface area contributed by atoms with E-state index in [-0.39, 0.29) is 38.0 Å². The van der Waals surface area contributed by atoms with Gasteiger partial charge in [0.1, 0.15) is 23.4 Å². The minimum Gasteiger partial charge on any atom is -0.494 e. The van der Waals surface area contributed by atoms with E-state index in [4.69, 9.17) is 9.47 Å². The molecule has 5 aliphatic rings. The van der Waals surface area contributed by atoms with Gasteiger partial charge in [-0.1, -0.05) is 37.1 Å². The van der Waals surface area contributed by atoms with Crippen LogP contribution in [0.15, 0.2) is 54.9 Å². The normalized spacial score (nSPS) is 28.9.